The van der Waals surface area contributed by atoms with Gasteiger partial charge in [0.1, 0.15) is 12.1 Å². The summed E-state index contributed by atoms with van der Waals surface area (Å²) in [7, 11) is 3.10. The number of rotatable bonds is 7. The molecule has 0 aliphatic heterocycles. The van der Waals surface area contributed by atoms with Gasteiger partial charge < -0.3 is 9.47 Å². The van der Waals surface area contributed by atoms with Crippen molar-refractivity contribution < 1.29 is 14.3 Å². The van der Waals surface area contributed by atoms with E-state index in [2.05, 4.69) is 33.1 Å². The van der Waals surface area contributed by atoms with Crippen LogP contribution in [0.25, 0.3) is 10.9 Å². The molecule has 1 aromatic carbocycles. The van der Waals surface area contributed by atoms with E-state index >= 15 is 0 Å². The van der Waals surface area contributed by atoms with Crippen LogP contribution in [0.5, 0.6) is 11.5 Å². The van der Waals surface area contributed by atoms with Gasteiger partial charge in [-0.25, -0.2) is 20.2 Å². The van der Waals surface area contributed by atoms with Crippen LogP contribution in [0.1, 0.15) is 19.8 Å². The van der Waals surface area contributed by atoms with Gasteiger partial charge in [-0.2, -0.15) is 0 Å². The summed E-state index contributed by atoms with van der Waals surface area (Å²) in [5, 5.41) is 3.35. The Balaban J connectivity index is 2.18. The number of unbranched alkanes of at least 4 members (excludes halogenated alkanes) is 1. The average molecular weight is 319 g/mol. The molecule has 0 spiro atoms. The summed E-state index contributed by atoms with van der Waals surface area (Å²) in [4.78, 5) is 20.2. The highest BCUT2D eigenvalue weighted by Gasteiger charge is 2.12. The van der Waals surface area contributed by atoms with E-state index in [1.807, 2.05) is 0 Å². The Hall–Kier alpha value is -2.61. The molecule has 0 saturated carbocycles. The average Bonchev–Trinajstić information content (AvgIpc) is 2.57. The molecule has 0 radical (unpaired) electrons. The molecule has 23 heavy (non-hydrogen) atoms. The first-order valence-electron chi connectivity index (χ1n) is 7.36. The molecular formula is C15H21N5O3. The second-order valence-corrected chi connectivity index (χ2v) is 4.81. The molecule has 3 N–H and O–H groups in total. The number of nitrogens with one attached hydrogen (secondary N) is 3. The molecule has 0 saturated heterocycles. The smallest absolute Gasteiger partial charge is 0.334 e. The number of benzene rings is 1. The molecule has 0 unspecified atom stereocenters. The normalized spacial score (nSPS) is 10.4. The molecular weight excluding hydrogens is 298 g/mol. The standard InChI is InChI=1S/C15H21N5O3/c1-4-5-6-18-20-15(21)19-14-10-7-12(22-2)13(23-3)8-11(10)16-9-17-14/h7-9,18H,4-6H2,1-3H3,(H2,16,17,19,20,21). The van der Waals surface area contributed by atoms with E-state index in [0.717, 1.165) is 12.8 Å². The van der Waals surface area contributed by atoms with Gasteiger partial charge in [-0.3, -0.25) is 10.7 Å². The lowest BCUT2D eigenvalue weighted by atomic mass is 10.2. The summed E-state index contributed by atoms with van der Waals surface area (Å²) < 4.78 is 10.5. The van der Waals surface area contributed by atoms with Gasteiger partial charge in [-0.05, 0) is 12.5 Å². The summed E-state index contributed by atoms with van der Waals surface area (Å²) in [6, 6.07) is 3.07. The Morgan fingerprint density at radius 3 is 2.61 bits per heavy atom. The van der Waals surface area contributed by atoms with E-state index in [9.17, 15) is 4.79 Å². The van der Waals surface area contributed by atoms with Crippen LogP contribution in [0, 0.1) is 0 Å². The van der Waals surface area contributed by atoms with Gasteiger partial charge in [-0.15, -0.1) is 0 Å². The van der Waals surface area contributed by atoms with Gasteiger partial charge in [0, 0.05) is 18.0 Å². The van der Waals surface area contributed by atoms with Crippen molar-refractivity contribution in [1.29, 1.82) is 0 Å². The topological polar surface area (TPSA) is 97.4 Å². The zero-order valence-corrected chi connectivity index (χ0v) is 13.5. The van der Waals surface area contributed by atoms with Crippen LogP contribution < -0.4 is 25.6 Å². The van der Waals surface area contributed by atoms with Crippen LogP contribution in [0.3, 0.4) is 0 Å². The van der Waals surface area contributed by atoms with Crippen molar-refractivity contribution in [2.75, 3.05) is 26.1 Å². The molecule has 0 fully saturated rings. The fourth-order valence-electron chi connectivity index (χ4n) is 2.03. The number of hydrogen-bond acceptors (Lipinski definition) is 6. The molecule has 0 aliphatic rings. The summed E-state index contributed by atoms with van der Waals surface area (Å²) >= 11 is 0. The molecule has 0 atom stereocenters. The lowest BCUT2D eigenvalue weighted by Gasteiger charge is -2.12. The number of aromatic nitrogens is 2. The van der Waals surface area contributed by atoms with Crippen LogP contribution in [-0.2, 0) is 0 Å². The minimum atomic E-state index is -0.393. The molecule has 8 nitrogen and oxygen atoms in total. The van der Waals surface area contributed by atoms with Crippen molar-refractivity contribution in [3.05, 3.63) is 18.5 Å². The molecule has 0 bridgehead atoms. The van der Waals surface area contributed by atoms with Crippen molar-refractivity contribution in [2.24, 2.45) is 0 Å². The van der Waals surface area contributed by atoms with Crippen LogP contribution in [0.2, 0.25) is 0 Å². The third-order valence-electron chi connectivity index (χ3n) is 3.23. The van der Waals surface area contributed by atoms with Crippen LogP contribution >= 0.6 is 0 Å². The maximum atomic E-state index is 11.9. The third kappa shape index (κ3) is 4.19. The fraction of sp³-hybridized carbons (Fsp3) is 0.400. The number of carbonyl (C=O) groups excluding carboxylic acids is 1. The fourth-order valence-corrected chi connectivity index (χ4v) is 2.03. The zero-order valence-electron chi connectivity index (χ0n) is 13.5. The SMILES string of the molecule is CCCCNNC(=O)Nc1ncnc2cc(OC)c(OC)cc12. The molecule has 124 valence electrons. The number of nitrogens with zero attached hydrogens (tertiary/aromatic N) is 2. The number of methoxy groups -OCH3 is 2. The van der Waals surface area contributed by atoms with Gasteiger partial charge in [0.15, 0.2) is 11.5 Å². The summed E-state index contributed by atoms with van der Waals surface area (Å²) in [6.07, 6.45) is 3.41. The summed E-state index contributed by atoms with van der Waals surface area (Å²) in [6.45, 7) is 2.79. The molecule has 2 aromatic rings. The van der Waals surface area contributed by atoms with Crippen molar-refractivity contribution in [1.82, 2.24) is 20.8 Å². The number of hydrogen-bond donors (Lipinski definition) is 3. The maximum absolute atomic E-state index is 11.9. The van der Waals surface area contributed by atoms with E-state index < -0.39 is 6.03 Å². The lowest BCUT2D eigenvalue weighted by molar-refractivity contribution is 0.248. The highest BCUT2D eigenvalue weighted by atomic mass is 16.5. The van der Waals surface area contributed by atoms with Crippen molar-refractivity contribution >= 4 is 22.8 Å². The first-order valence-corrected chi connectivity index (χ1v) is 7.36. The van der Waals surface area contributed by atoms with Crippen LogP contribution in [-0.4, -0.2) is 36.8 Å². The second-order valence-electron chi connectivity index (χ2n) is 4.81. The Bertz CT molecular complexity index is 677. The lowest BCUT2D eigenvalue weighted by Crippen LogP contribution is -2.40. The minimum absolute atomic E-state index is 0.393. The second kappa shape index (κ2) is 8.14. The first-order chi connectivity index (χ1) is 11.2. The van der Waals surface area contributed by atoms with Crippen molar-refractivity contribution in [2.45, 2.75) is 19.8 Å². The highest BCUT2D eigenvalue weighted by Crippen LogP contribution is 2.33. The largest absolute Gasteiger partial charge is 0.493 e. The predicted octanol–water partition coefficient (Wildman–Crippen LogP) is 2.07. The maximum Gasteiger partial charge on any atom is 0.334 e. The number of carbonyl (C=O) groups is 1. The van der Waals surface area contributed by atoms with Gasteiger partial charge in [0.2, 0.25) is 0 Å². The van der Waals surface area contributed by atoms with E-state index in [0.29, 0.717) is 34.8 Å². The number of fused-ring (bicyclic) bond motifs is 1. The molecule has 1 aromatic heterocycles. The van der Waals surface area contributed by atoms with Gasteiger partial charge in [0.25, 0.3) is 0 Å². The van der Waals surface area contributed by atoms with E-state index in [1.54, 1.807) is 26.4 Å². The van der Waals surface area contributed by atoms with E-state index in [4.69, 9.17) is 9.47 Å². The summed E-state index contributed by atoms with van der Waals surface area (Å²) in [5.74, 6) is 1.50. The molecule has 2 amide bonds. The Kier molecular flexibility index (Phi) is 5.93. The number of anilines is 1. The Morgan fingerprint density at radius 1 is 1.17 bits per heavy atom. The first kappa shape index (κ1) is 16.8. The summed E-state index contributed by atoms with van der Waals surface area (Å²) in [5.41, 5.74) is 6.06. The molecule has 8 heteroatoms. The molecule has 1 heterocycles. The Morgan fingerprint density at radius 2 is 1.91 bits per heavy atom. The Labute approximate surface area is 134 Å². The van der Waals surface area contributed by atoms with Crippen molar-refractivity contribution in [3.63, 3.8) is 0 Å². The van der Waals surface area contributed by atoms with Gasteiger partial charge in [0.05, 0.1) is 19.7 Å². The predicted molar refractivity (Wildman–Crippen MR) is 87.7 cm³/mol. The third-order valence-corrected chi connectivity index (χ3v) is 3.23. The van der Waals surface area contributed by atoms with Crippen LogP contribution in [0.4, 0.5) is 10.6 Å². The monoisotopic (exact) mass is 319 g/mol. The number of hydrazine groups is 1. The van der Waals surface area contributed by atoms with E-state index in [1.165, 1.54) is 6.33 Å². The molecule has 0 aliphatic carbocycles. The zero-order chi connectivity index (χ0) is 16.7. The van der Waals surface area contributed by atoms with Gasteiger partial charge >= 0.3 is 6.03 Å². The number of urea groups is 1. The minimum Gasteiger partial charge on any atom is -0.493 e. The quantitative estimate of drug-likeness (QED) is 0.534. The van der Waals surface area contributed by atoms with Crippen LogP contribution in [0.15, 0.2) is 18.5 Å². The molecule has 2 rings (SSSR count). The number of ether oxygens (including phenoxy) is 2. The highest BCUT2D eigenvalue weighted by molar-refractivity contribution is 5.99. The number of amides is 2. The van der Waals surface area contributed by atoms with Crippen molar-refractivity contribution in [3.8, 4) is 11.5 Å². The van der Waals surface area contributed by atoms with Gasteiger partial charge in [-0.1, -0.05) is 13.3 Å². The van der Waals surface area contributed by atoms with E-state index in [-0.39, 0.29) is 0 Å².